The van der Waals surface area contributed by atoms with Crippen LogP contribution >= 0.6 is 0 Å². The Balaban J connectivity index is 1.30. The first kappa shape index (κ1) is 19.3. The summed E-state index contributed by atoms with van der Waals surface area (Å²) in [5.74, 6) is 0.358. The van der Waals surface area contributed by atoms with Crippen molar-refractivity contribution in [1.82, 2.24) is 5.32 Å². The highest BCUT2D eigenvalue weighted by molar-refractivity contribution is 6.03. The van der Waals surface area contributed by atoms with Crippen LogP contribution < -0.4 is 16.0 Å². The second-order valence-corrected chi connectivity index (χ2v) is 6.77. The topological polar surface area (TPSA) is 83.4 Å². The average molecular weight is 399 g/mol. The molecule has 2 amide bonds. The smallest absolute Gasteiger partial charge is 0.251 e. The molecule has 30 heavy (non-hydrogen) atoms. The summed E-state index contributed by atoms with van der Waals surface area (Å²) >= 11 is 0. The zero-order valence-electron chi connectivity index (χ0n) is 16.2. The molecule has 1 aromatic heterocycles. The minimum Gasteiger partial charge on any atom is -0.467 e. The summed E-state index contributed by atoms with van der Waals surface area (Å²) in [6.45, 7) is 0.452. The summed E-state index contributed by atoms with van der Waals surface area (Å²) in [7, 11) is 0. The lowest BCUT2D eigenvalue weighted by atomic mass is 10.1. The van der Waals surface area contributed by atoms with Gasteiger partial charge in [0.15, 0.2) is 0 Å². The van der Waals surface area contributed by atoms with Crippen molar-refractivity contribution in [2.45, 2.75) is 6.54 Å². The quantitative estimate of drug-likeness (QED) is 0.430. The molecule has 4 rings (SSSR count). The largest absolute Gasteiger partial charge is 0.467 e. The van der Waals surface area contributed by atoms with Crippen LogP contribution in [0.5, 0.6) is 0 Å². The summed E-state index contributed by atoms with van der Waals surface area (Å²) in [6.07, 6.45) is 1.57. The van der Waals surface area contributed by atoms with E-state index in [4.69, 9.17) is 4.42 Å². The average Bonchev–Trinajstić information content (AvgIpc) is 3.30. The lowest BCUT2D eigenvalue weighted by molar-refractivity contribution is -0.114. The summed E-state index contributed by atoms with van der Waals surface area (Å²) in [5.41, 5.74) is 2.07. The molecule has 3 aromatic carbocycles. The molecule has 0 aliphatic rings. The minimum absolute atomic E-state index is 0.118. The normalized spacial score (nSPS) is 10.5. The van der Waals surface area contributed by atoms with Crippen LogP contribution in [-0.4, -0.2) is 18.4 Å². The van der Waals surface area contributed by atoms with Crippen LogP contribution in [-0.2, 0) is 11.3 Å². The maximum atomic E-state index is 12.4. The van der Waals surface area contributed by atoms with Gasteiger partial charge in [-0.25, -0.2) is 0 Å². The van der Waals surface area contributed by atoms with Crippen LogP contribution in [0, 0.1) is 0 Å². The predicted octanol–water partition coefficient (Wildman–Crippen LogP) is 4.41. The maximum Gasteiger partial charge on any atom is 0.251 e. The second kappa shape index (κ2) is 8.96. The van der Waals surface area contributed by atoms with E-state index in [0.29, 0.717) is 17.9 Å². The van der Waals surface area contributed by atoms with Crippen molar-refractivity contribution in [1.29, 1.82) is 0 Å². The Bertz CT molecular complexity index is 1150. The summed E-state index contributed by atoms with van der Waals surface area (Å²) in [4.78, 5) is 24.5. The Morgan fingerprint density at radius 2 is 1.63 bits per heavy atom. The molecule has 3 N–H and O–H groups in total. The number of hydrogen-bond acceptors (Lipinski definition) is 4. The third kappa shape index (κ3) is 4.67. The molecule has 6 heteroatoms. The van der Waals surface area contributed by atoms with Gasteiger partial charge in [0, 0.05) is 22.3 Å². The number of carbonyl (C=O) groups is 2. The predicted molar refractivity (Wildman–Crippen MR) is 117 cm³/mol. The molecular formula is C24H21N3O3. The van der Waals surface area contributed by atoms with Gasteiger partial charge in [-0.15, -0.1) is 0 Å². The van der Waals surface area contributed by atoms with Crippen LogP contribution in [0.25, 0.3) is 10.8 Å². The fourth-order valence-corrected chi connectivity index (χ4v) is 3.13. The van der Waals surface area contributed by atoms with Crippen LogP contribution in [0.15, 0.2) is 89.5 Å². The molecule has 0 unspecified atom stereocenters. The van der Waals surface area contributed by atoms with Crippen molar-refractivity contribution < 1.29 is 14.0 Å². The van der Waals surface area contributed by atoms with Gasteiger partial charge < -0.3 is 20.4 Å². The number of amides is 2. The molecule has 0 aliphatic carbocycles. The number of anilines is 2. The van der Waals surface area contributed by atoms with Gasteiger partial charge in [0.2, 0.25) is 5.91 Å². The molecule has 0 spiro atoms. The number of hydrogen-bond donors (Lipinski definition) is 3. The first-order valence-corrected chi connectivity index (χ1v) is 9.61. The number of carbonyl (C=O) groups excluding carboxylic acids is 2. The van der Waals surface area contributed by atoms with Gasteiger partial charge in [0.25, 0.3) is 5.91 Å². The SMILES string of the molecule is O=C(CNc1ccc(C(=O)NCc2ccco2)cc1)Nc1cccc2ccccc12. The zero-order valence-corrected chi connectivity index (χ0v) is 16.2. The van der Waals surface area contributed by atoms with Gasteiger partial charge in [0.1, 0.15) is 5.76 Å². The Kier molecular flexibility index (Phi) is 5.75. The Hall–Kier alpha value is -4.06. The molecule has 0 atom stereocenters. The van der Waals surface area contributed by atoms with E-state index in [9.17, 15) is 9.59 Å². The highest BCUT2D eigenvalue weighted by Crippen LogP contribution is 2.22. The Morgan fingerprint density at radius 3 is 2.43 bits per heavy atom. The lowest BCUT2D eigenvalue weighted by Gasteiger charge is -2.10. The van der Waals surface area contributed by atoms with Crippen LogP contribution in [0.4, 0.5) is 11.4 Å². The van der Waals surface area contributed by atoms with Crippen molar-refractivity contribution in [2.24, 2.45) is 0 Å². The zero-order chi connectivity index (χ0) is 20.8. The molecule has 0 radical (unpaired) electrons. The van der Waals surface area contributed by atoms with Crippen molar-refractivity contribution >= 4 is 34.0 Å². The molecule has 4 aromatic rings. The highest BCUT2D eigenvalue weighted by Gasteiger charge is 2.08. The Morgan fingerprint density at radius 1 is 0.833 bits per heavy atom. The number of fused-ring (bicyclic) bond motifs is 1. The molecule has 1 heterocycles. The van der Waals surface area contributed by atoms with E-state index in [1.165, 1.54) is 0 Å². The Labute approximate surface area is 173 Å². The minimum atomic E-state index is -0.188. The van der Waals surface area contributed by atoms with Crippen LogP contribution in [0.1, 0.15) is 16.1 Å². The molecule has 0 saturated carbocycles. The number of furan rings is 1. The van der Waals surface area contributed by atoms with E-state index < -0.39 is 0 Å². The molecule has 0 saturated heterocycles. The van der Waals surface area contributed by atoms with E-state index in [2.05, 4.69) is 16.0 Å². The molecule has 150 valence electrons. The molecule has 0 bridgehead atoms. The lowest BCUT2D eigenvalue weighted by Crippen LogP contribution is -2.23. The first-order chi connectivity index (χ1) is 14.7. The van der Waals surface area contributed by atoms with Gasteiger partial charge in [0.05, 0.1) is 19.4 Å². The maximum absolute atomic E-state index is 12.4. The van der Waals surface area contributed by atoms with Crippen molar-refractivity contribution in [3.05, 3.63) is 96.4 Å². The van der Waals surface area contributed by atoms with Gasteiger partial charge in [-0.1, -0.05) is 36.4 Å². The number of benzene rings is 3. The third-order valence-corrected chi connectivity index (χ3v) is 4.67. The van der Waals surface area contributed by atoms with Crippen LogP contribution in [0.3, 0.4) is 0 Å². The number of rotatable bonds is 7. The summed E-state index contributed by atoms with van der Waals surface area (Å²) in [6, 6.07) is 24.3. The van der Waals surface area contributed by atoms with E-state index in [1.807, 2.05) is 42.5 Å². The molecule has 0 aliphatic heterocycles. The van der Waals surface area contributed by atoms with Gasteiger partial charge in [-0.3, -0.25) is 9.59 Å². The van der Waals surface area contributed by atoms with Crippen LogP contribution in [0.2, 0.25) is 0 Å². The fourth-order valence-electron chi connectivity index (χ4n) is 3.13. The van der Waals surface area contributed by atoms with Crippen molar-refractivity contribution in [3.63, 3.8) is 0 Å². The molecule has 6 nitrogen and oxygen atoms in total. The third-order valence-electron chi connectivity index (χ3n) is 4.67. The van der Waals surface area contributed by atoms with E-state index >= 15 is 0 Å². The fraction of sp³-hybridized carbons (Fsp3) is 0.0833. The van der Waals surface area contributed by atoms with E-state index in [0.717, 1.165) is 22.1 Å². The summed E-state index contributed by atoms with van der Waals surface area (Å²) in [5, 5.41) is 10.9. The number of nitrogens with one attached hydrogen (secondary N) is 3. The van der Waals surface area contributed by atoms with Gasteiger partial charge in [-0.05, 0) is 47.9 Å². The highest BCUT2D eigenvalue weighted by atomic mass is 16.3. The van der Waals surface area contributed by atoms with Gasteiger partial charge >= 0.3 is 0 Å². The van der Waals surface area contributed by atoms with Crippen molar-refractivity contribution in [3.8, 4) is 0 Å². The molecule has 0 fully saturated rings. The first-order valence-electron chi connectivity index (χ1n) is 9.61. The standard InChI is InChI=1S/C24H21N3O3/c28-23(27-22-9-3-6-17-5-1-2-8-21(17)22)16-25-19-12-10-18(11-13-19)24(29)26-15-20-7-4-14-30-20/h1-14,25H,15-16H2,(H,26,29)(H,27,28). The monoisotopic (exact) mass is 399 g/mol. The second-order valence-electron chi connectivity index (χ2n) is 6.77. The summed E-state index contributed by atoms with van der Waals surface area (Å²) < 4.78 is 5.20. The van der Waals surface area contributed by atoms with Crippen molar-refractivity contribution in [2.75, 3.05) is 17.2 Å². The van der Waals surface area contributed by atoms with E-state index in [1.54, 1.807) is 42.7 Å². The van der Waals surface area contributed by atoms with Gasteiger partial charge in [-0.2, -0.15) is 0 Å². The molecular weight excluding hydrogens is 378 g/mol. The van der Waals surface area contributed by atoms with E-state index in [-0.39, 0.29) is 18.4 Å².